The molecule has 15 nitrogen and oxygen atoms in total. The summed E-state index contributed by atoms with van der Waals surface area (Å²) in [7, 11) is 1.12. The molecule has 0 fully saturated rings. The van der Waals surface area contributed by atoms with Crippen molar-refractivity contribution in [2.24, 2.45) is 5.10 Å². The molecular formula is C30H22N4O11. The molecule has 1 N–H and O–H groups in total. The Balaban J connectivity index is 1.48. The van der Waals surface area contributed by atoms with E-state index in [9.17, 15) is 34.6 Å². The van der Waals surface area contributed by atoms with Crippen LogP contribution in [0.25, 0.3) is 0 Å². The molecule has 0 aliphatic rings. The summed E-state index contributed by atoms with van der Waals surface area (Å²) in [5, 5.41) is 26.3. The van der Waals surface area contributed by atoms with Crippen molar-refractivity contribution in [1.29, 1.82) is 0 Å². The Kier molecular flexibility index (Phi) is 10.1. The van der Waals surface area contributed by atoms with Crippen molar-refractivity contribution < 1.29 is 43.2 Å². The van der Waals surface area contributed by atoms with Gasteiger partial charge in [0.25, 0.3) is 11.6 Å². The van der Waals surface area contributed by atoms with Crippen molar-refractivity contribution in [2.45, 2.75) is 0 Å². The zero-order valence-corrected chi connectivity index (χ0v) is 23.3. The number of nitrogens with zero attached hydrogens (tertiary/aromatic N) is 3. The van der Waals surface area contributed by atoms with E-state index in [4.69, 9.17) is 18.9 Å². The largest absolute Gasteiger partial charge is 0.492 e. The number of ether oxygens (including phenoxy) is 4. The quantitative estimate of drug-likeness (QED) is 0.0776. The molecule has 0 bridgehead atoms. The molecule has 0 heterocycles. The van der Waals surface area contributed by atoms with Gasteiger partial charge in [0.05, 0.1) is 46.4 Å². The number of carbonyl (C=O) groups excluding carboxylic acids is 3. The molecule has 0 aliphatic carbocycles. The van der Waals surface area contributed by atoms with Crippen LogP contribution in [-0.2, 0) is 4.79 Å². The average molecular weight is 615 g/mol. The molecule has 0 saturated heterocycles. The monoisotopic (exact) mass is 614 g/mol. The van der Waals surface area contributed by atoms with Gasteiger partial charge in [-0.25, -0.2) is 15.0 Å². The number of hydrazone groups is 1. The maximum Gasteiger partial charge on any atom is 0.343 e. The molecule has 0 spiro atoms. The van der Waals surface area contributed by atoms with Crippen LogP contribution in [0.5, 0.6) is 23.0 Å². The lowest BCUT2D eigenvalue weighted by Crippen LogP contribution is -2.25. The normalized spacial score (nSPS) is 10.5. The number of nitro benzene ring substituents is 2. The van der Waals surface area contributed by atoms with Crippen LogP contribution < -0.4 is 24.4 Å². The topological polar surface area (TPSA) is 199 Å². The van der Waals surface area contributed by atoms with Crippen molar-refractivity contribution in [3.05, 3.63) is 128 Å². The highest BCUT2D eigenvalue weighted by Crippen LogP contribution is 2.40. The molecule has 0 aromatic heterocycles. The lowest BCUT2D eigenvalue weighted by atomic mass is 10.2. The van der Waals surface area contributed by atoms with Gasteiger partial charge in [-0.1, -0.05) is 36.4 Å². The summed E-state index contributed by atoms with van der Waals surface area (Å²) in [4.78, 5) is 58.5. The first kappa shape index (κ1) is 31.3. The van der Waals surface area contributed by atoms with Crippen LogP contribution in [0, 0.1) is 20.2 Å². The molecule has 15 heteroatoms. The smallest absolute Gasteiger partial charge is 0.343 e. The van der Waals surface area contributed by atoms with Crippen molar-refractivity contribution >= 4 is 35.4 Å². The number of hydrogen-bond acceptors (Lipinski definition) is 12. The van der Waals surface area contributed by atoms with Gasteiger partial charge in [-0.2, -0.15) is 5.10 Å². The number of nitrogens with one attached hydrogen (secondary N) is 1. The SMILES string of the molecule is COc1cc([N+](=O)[O-])cc([N+](=O)[O-])c1OCC(=O)NN=Cc1ccc(OC(=O)c2ccccc2)c(OC(=O)c2ccccc2)c1. The van der Waals surface area contributed by atoms with Crippen LogP contribution in [0.4, 0.5) is 11.4 Å². The van der Waals surface area contributed by atoms with Gasteiger partial charge >= 0.3 is 17.6 Å². The summed E-state index contributed by atoms with van der Waals surface area (Å²) in [6.45, 7) is -0.763. The Morgan fingerprint density at radius 2 is 1.38 bits per heavy atom. The number of amides is 1. The second-order valence-electron chi connectivity index (χ2n) is 8.81. The maximum absolute atomic E-state index is 12.7. The van der Waals surface area contributed by atoms with Gasteiger partial charge < -0.3 is 18.9 Å². The minimum Gasteiger partial charge on any atom is -0.492 e. The summed E-state index contributed by atoms with van der Waals surface area (Å²) in [6.07, 6.45) is 1.19. The number of rotatable bonds is 12. The minimum absolute atomic E-state index is 0.0543. The maximum atomic E-state index is 12.7. The second kappa shape index (κ2) is 14.5. The first-order valence-corrected chi connectivity index (χ1v) is 12.8. The standard InChI is InChI=1S/C30H22N4O11/c1-42-26-16-22(33(38)39)15-23(34(40)41)28(26)43-18-27(35)32-31-17-19-12-13-24(44-29(36)20-8-4-2-5-9-20)25(14-19)45-30(37)21-10-6-3-7-11-21/h2-17H,18H2,1H3,(H,32,35). The van der Waals surface area contributed by atoms with E-state index in [1.54, 1.807) is 60.7 Å². The first-order valence-electron chi connectivity index (χ1n) is 12.8. The van der Waals surface area contributed by atoms with E-state index < -0.39 is 51.4 Å². The first-order chi connectivity index (χ1) is 21.7. The van der Waals surface area contributed by atoms with Crippen LogP contribution in [0.1, 0.15) is 26.3 Å². The number of carbonyl (C=O) groups is 3. The third-order valence-electron chi connectivity index (χ3n) is 5.79. The fourth-order valence-electron chi connectivity index (χ4n) is 3.69. The molecule has 0 saturated carbocycles. The molecule has 45 heavy (non-hydrogen) atoms. The van der Waals surface area contributed by atoms with Gasteiger partial charge in [-0.3, -0.25) is 25.0 Å². The van der Waals surface area contributed by atoms with Gasteiger partial charge in [0.2, 0.25) is 5.75 Å². The number of non-ortho nitro benzene ring substituents is 1. The summed E-state index contributed by atoms with van der Waals surface area (Å²) < 4.78 is 21.2. The van der Waals surface area contributed by atoms with Crippen molar-refractivity contribution in [2.75, 3.05) is 13.7 Å². The van der Waals surface area contributed by atoms with Crippen molar-refractivity contribution in [1.82, 2.24) is 5.43 Å². The summed E-state index contributed by atoms with van der Waals surface area (Å²) in [5.74, 6) is -3.22. The van der Waals surface area contributed by atoms with Crippen LogP contribution >= 0.6 is 0 Å². The molecule has 0 unspecified atom stereocenters. The Morgan fingerprint density at radius 3 is 1.93 bits per heavy atom. The molecule has 228 valence electrons. The fourth-order valence-corrected chi connectivity index (χ4v) is 3.69. The van der Waals surface area contributed by atoms with Crippen LogP contribution in [-0.4, -0.2) is 47.6 Å². The molecule has 4 aromatic carbocycles. The lowest BCUT2D eigenvalue weighted by Gasteiger charge is -2.12. The van der Waals surface area contributed by atoms with Gasteiger partial charge in [0, 0.05) is 0 Å². The predicted octanol–water partition coefficient (Wildman–Crippen LogP) is 4.48. The average Bonchev–Trinajstić information content (AvgIpc) is 3.05. The van der Waals surface area contributed by atoms with Gasteiger partial charge in [0.1, 0.15) is 0 Å². The Hall–Kier alpha value is -6.64. The Labute approximate surface area is 253 Å². The highest BCUT2D eigenvalue weighted by Gasteiger charge is 2.27. The van der Waals surface area contributed by atoms with Crippen LogP contribution in [0.15, 0.2) is 96.1 Å². The molecule has 4 aromatic rings. The zero-order chi connectivity index (χ0) is 32.3. The van der Waals surface area contributed by atoms with Gasteiger partial charge in [-0.05, 0) is 48.0 Å². The molecule has 1 amide bonds. The van der Waals surface area contributed by atoms with Crippen molar-refractivity contribution in [3.63, 3.8) is 0 Å². The van der Waals surface area contributed by atoms with E-state index in [0.717, 1.165) is 13.2 Å². The number of hydrogen-bond donors (Lipinski definition) is 1. The molecular weight excluding hydrogens is 592 g/mol. The fraction of sp³-hybridized carbons (Fsp3) is 0.0667. The van der Waals surface area contributed by atoms with E-state index >= 15 is 0 Å². The number of esters is 2. The number of nitro groups is 2. The molecule has 4 rings (SSSR count). The third kappa shape index (κ3) is 8.23. The van der Waals surface area contributed by atoms with Gasteiger partial charge in [0.15, 0.2) is 23.9 Å². The third-order valence-corrected chi connectivity index (χ3v) is 5.79. The van der Waals surface area contributed by atoms with Crippen molar-refractivity contribution in [3.8, 4) is 23.0 Å². The van der Waals surface area contributed by atoms with E-state index in [2.05, 4.69) is 10.5 Å². The number of benzene rings is 4. The van der Waals surface area contributed by atoms with Crippen LogP contribution in [0.2, 0.25) is 0 Å². The molecule has 0 radical (unpaired) electrons. The Morgan fingerprint density at radius 1 is 0.778 bits per heavy atom. The summed E-state index contributed by atoms with van der Waals surface area (Å²) in [5.41, 5.74) is 1.62. The van der Waals surface area contributed by atoms with Gasteiger partial charge in [-0.15, -0.1) is 0 Å². The molecule has 0 atom stereocenters. The summed E-state index contributed by atoms with van der Waals surface area (Å²) in [6, 6.07) is 22.1. The highest BCUT2D eigenvalue weighted by molar-refractivity contribution is 5.94. The predicted molar refractivity (Wildman–Crippen MR) is 157 cm³/mol. The van der Waals surface area contributed by atoms with E-state index in [1.165, 1.54) is 24.4 Å². The number of methoxy groups -OCH3 is 1. The van der Waals surface area contributed by atoms with E-state index in [1.807, 2.05) is 0 Å². The zero-order valence-electron chi connectivity index (χ0n) is 23.3. The molecule has 0 aliphatic heterocycles. The Bertz CT molecular complexity index is 1780. The lowest BCUT2D eigenvalue weighted by molar-refractivity contribution is -0.394. The highest BCUT2D eigenvalue weighted by atomic mass is 16.6. The minimum atomic E-state index is -0.913. The van der Waals surface area contributed by atoms with E-state index in [0.29, 0.717) is 11.6 Å². The summed E-state index contributed by atoms with van der Waals surface area (Å²) >= 11 is 0. The van der Waals surface area contributed by atoms with Crippen LogP contribution in [0.3, 0.4) is 0 Å². The second-order valence-corrected chi connectivity index (χ2v) is 8.81. The van der Waals surface area contributed by atoms with E-state index in [-0.39, 0.29) is 28.4 Å².